The van der Waals surface area contributed by atoms with Crippen LogP contribution < -0.4 is 9.47 Å². The van der Waals surface area contributed by atoms with E-state index in [1.54, 1.807) is 17.2 Å². The molecule has 0 spiro atoms. The number of ether oxygens (including phenoxy) is 2. The first-order valence-corrected chi connectivity index (χ1v) is 7.94. The van der Waals surface area contributed by atoms with E-state index in [0.717, 1.165) is 11.4 Å². The average Bonchev–Trinajstić information content (AvgIpc) is 3.38. The van der Waals surface area contributed by atoms with Crippen LogP contribution in [0.3, 0.4) is 0 Å². The lowest BCUT2D eigenvalue weighted by atomic mass is 10.3. The van der Waals surface area contributed by atoms with Crippen LogP contribution in [0, 0.1) is 0 Å². The number of rotatable bonds is 7. The van der Waals surface area contributed by atoms with Crippen LogP contribution in [0.4, 0.5) is 0 Å². The van der Waals surface area contributed by atoms with Crippen molar-refractivity contribution in [3.8, 4) is 17.2 Å². The second-order valence-corrected chi connectivity index (χ2v) is 5.36. The van der Waals surface area contributed by atoms with E-state index >= 15 is 0 Å². The molecule has 0 saturated carbocycles. The molecule has 0 saturated heterocycles. The molecule has 0 fully saturated rings. The molecule has 0 N–H and O–H groups in total. The first kappa shape index (κ1) is 15.8. The van der Waals surface area contributed by atoms with Gasteiger partial charge in [0.25, 0.3) is 5.89 Å². The van der Waals surface area contributed by atoms with Gasteiger partial charge in [0.2, 0.25) is 5.82 Å². The summed E-state index contributed by atoms with van der Waals surface area (Å²) in [5.74, 6) is 2.27. The van der Waals surface area contributed by atoms with Crippen LogP contribution in [0.1, 0.15) is 11.7 Å². The predicted octanol–water partition coefficient (Wildman–Crippen LogP) is 2.81. The van der Waals surface area contributed by atoms with Gasteiger partial charge in [-0.25, -0.2) is 0 Å². The lowest BCUT2D eigenvalue weighted by molar-refractivity contribution is 0.240. The average molecular weight is 349 g/mol. The third-order valence-electron chi connectivity index (χ3n) is 3.52. The molecular weight excluding hydrogens is 334 g/mol. The lowest BCUT2D eigenvalue weighted by Crippen LogP contribution is -1.99. The van der Waals surface area contributed by atoms with E-state index < -0.39 is 0 Å². The summed E-state index contributed by atoms with van der Waals surface area (Å²) in [6, 6.07) is 17.0. The first-order chi connectivity index (χ1) is 12.9. The Kier molecular flexibility index (Phi) is 4.55. The van der Waals surface area contributed by atoms with Crippen LogP contribution in [0.5, 0.6) is 11.5 Å². The Bertz CT molecular complexity index is 954. The van der Waals surface area contributed by atoms with Crippen LogP contribution in [-0.2, 0) is 13.2 Å². The van der Waals surface area contributed by atoms with Crippen molar-refractivity contribution in [1.29, 1.82) is 0 Å². The molecular formula is C18H15N5O3. The normalized spacial score (nSPS) is 10.6. The maximum atomic E-state index is 5.72. The van der Waals surface area contributed by atoms with Crippen LogP contribution in [-0.4, -0.2) is 24.9 Å². The number of hydrogen-bond acceptors (Lipinski definition) is 7. The molecule has 0 aliphatic rings. The van der Waals surface area contributed by atoms with E-state index in [1.807, 2.05) is 54.6 Å². The maximum absolute atomic E-state index is 5.72. The van der Waals surface area contributed by atoms with Crippen molar-refractivity contribution in [3.05, 3.63) is 79.0 Å². The Labute approximate surface area is 149 Å². The van der Waals surface area contributed by atoms with Gasteiger partial charge >= 0.3 is 0 Å². The lowest BCUT2D eigenvalue weighted by Gasteiger charge is -2.06. The molecule has 2 aromatic carbocycles. The van der Waals surface area contributed by atoms with Crippen molar-refractivity contribution in [1.82, 2.24) is 24.9 Å². The van der Waals surface area contributed by atoms with E-state index in [9.17, 15) is 0 Å². The Hall–Kier alpha value is -3.68. The molecule has 26 heavy (non-hydrogen) atoms. The Morgan fingerprint density at radius 1 is 0.846 bits per heavy atom. The highest BCUT2D eigenvalue weighted by atomic mass is 16.5. The van der Waals surface area contributed by atoms with Crippen molar-refractivity contribution < 1.29 is 14.0 Å². The molecule has 0 unspecified atom stereocenters. The van der Waals surface area contributed by atoms with Gasteiger partial charge < -0.3 is 14.0 Å². The summed E-state index contributed by atoms with van der Waals surface area (Å²) in [6.45, 7) is 0.403. The van der Waals surface area contributed by atoms with E-state index in [-0.39, 0.29) is 13.2 Å². The fraction of sp³-hybridized carbons (Fsp3) is 0.111. The topological polar surface area (TPSA) is 88.1 Å². The minimum Gasteiger partial charge on any atom is -0.485 e. The van der Waals surface area contributed by atoms with Crippen LogP contribution in [0.15, 0.2) is 71.8 Å². The number of para-hydroxylation sites is 1. The zero-order valence-electron chi connectivity index (χ0n) is 13.7. The Morgan fingerprint density at radius 3 is 2.46 bits per heavy atom. The Balaban J connectivity index is 1.34. The summed E-state index contributed by atoms with van der Waals surface area (Å²) in [5.41, 5.74) is 0.898. The molecule has 0 radical (unpaired) electrons. The molecule has 0 atom stereocenters. The van der Waals surface area contributed by atoms with Crippen molar-refractivity contribution >= 4 is 0 Å². The predicted molar refractivity (Wildman–Crippen MR) is 90.8 cm³/mol. The highest BCUT2D eigenvalue weighted by Crippen LogP contribution is 2.17. The number of hydrogen-bond donors (Lipinski definition) is 0. The molecule has 0 bridgehead atoms. The van der Waals surface area contributed by atoms with E-state index in [4.69, 9.17) is 14.0 Å². The van der Waals surface area contributed by atoms with Crippen molar-refractivity contribution in [2.45, 2.75) is 13.2 Å². The number of nitrogens with zero attached hydrogens (tertiary/aromatic N) is 5. The van der Waals surface area contributed by atoms with E-state index in [0.29, 0.717) is 17.5 Å². The fourth-order valence-electron chi connectivity index (χ4n) is 2.29. The highest BCUT2D eigenvalue weighted by molar-refractivity contribution is 5.38. The van der Waals surface area contributed by atoms with Gasteiger partial charge in [-0.05, 0) is 24.3 Å². The van der Waals surface area contributed by atoms with E-state index in [1.165, 1.54) is 0 Å². The summed E-state index contributed by atoms with van der Waals surface area (Å²) in [6.07, 6.45) is 3.24. The second kappa shape index (κ2) is 7.47. The monoisotopic (exact) mass is 349 g/mol. The van der Waals surface area contributed by atoms with Gasteiger partial charge in [-0.2, -0.15) is 4.98 Å². The zero-order valence-corrected chi connectivity index (χ0v) is 13.7. The van der Waals surface area contributed by atoms with Crippen LogP contribution in [0.25, 0.3) is 5.69 Å². The molecule has 0 amide bonds. The smallest absolute Gasteiger partial charge is 0.264 e. The van der Waals surface area contributed by atoms with Gasteiger partial charge in [-0.1, -0.05) is 29.4 Å². The summed E-state index contributed by atoms with van der Waals surface area (Å²) in [5, 5.41) is 11.5. The second-order valence-electron chi connectivity index (χ2n) is 5.36. The molecule has 4 rings (SSSR count). The third-order valence-corrected chi connectivity index (χ3v) is 3.52. The summed E-state index contributed by atoms with van der Waals surface area (Å²) < 4.78 is 18.3. The summed E-state index contributed by atoms with van der Waals surface area (Å²) in [4.78, 5) is 4.26. The molecule has 0 aliphatic heterocycles. The van der Waals surface area contributed by atoms with E-state index in [2.05, 4.69) is 20.3 Å². The van der Waals surface area contributed by atoms with Gasteiger partial charge in [0.15, 0.2) is 13.2 Å². The van der Waals surface area contributed by atoms with Crippen molar-refractivity contribution in [2.75, 3.05) is 0 Å². The quantitative estimate of drug-likeness (QED) is 0.507. The highest BCUT2D eigenvalue weighted by Gasteiger charge is 2.08. The summed E-state index contributed by atoms with van der Waals surface area (Å²) in [7, 11) is 0. The third kappa shape index (κ3) is 3.86. The van der Waals surface area contributed by atoms with Crippen LogP contribution >= 0.6 is 0 Å². The molecule has 4 aromatic rings. The molecule has 0 aliphatic carbocycles. The maximum Gasteiger partial charge on any atom is 0.264 e. The SMILES string of the molecule is c1ccc(OCc2noc(COc3cccc(-n4cnnc4)c3)n2)cc1. The summed E-state index contributed by atoms with van der Waals surface area (Å²) >= 11 is 0. The fourth-order valence-corrected chi connectivity index (χ4v) is 2.29. The molecule has 8 heteroatoms. The first-order valence-electron chi connectivity index (χ1n) is 7.94. The van der Waals surface area contributed by atoms with Crippen molar-refractivity contribution in [3.63, 3.8) is 0 Å². The van der Waals surface area contributed by atoms with Gasteiger partial charge in [0.05, 0.1) is 5.69 Å². The van der Waals surface area contributed by atoms with Crippen molar-refractivity contribution in [2.24, 2.45) is 0 Å². The van der Waals surface area contributed by atoms with Gasteiger partial charge in [0, 0.05) is 6.07 Å². The van der Waals surface area contributed by atoms with Crippen LogP contribution in [0.2, 0.25) is 0 Å². The van der Waals surface area contributed by atoms with Gasteiger partial charge in [0.1, 0.15) is 24.2 Å². The number of aromatic nitrogens is 5. The number of benzene rings is 2. The molecule has 2 aromatic heterocycles. The molecule has 8 nitrogen and oxygen atoms in total. The minimum absolute atomic E-state index is 0.171. The Morgan fingerprint density at radius 2 is 1.62 bits per heavy atom. The molecule has 130 valence electrons. The zero-order chi connectivity index (χ0) is 17.6. The molecule has 2 heterocycles. The minimum atomic E-state index is 0.171. The standard InChI is InChI=1S/C18H15N5O3/c1-2-6-15(7-3-1)24-10-17-21-18(26-22-17)11-25-16-8-4-5-14(9-16)23-12-19-20-13-23/h1-9,12-13H,10-11H2. The largest absolute Gasteiger partial charge is 0.485 e. The van der Waals surface area contributed by atoms with Gasteiger partial charge in [-0.3, -0.25) is 4.57 Å². The van der Waals surface area contributed by atoms with Gasteiger partial charge in [-0.15, -0.1) is 10.2 Å².